The van der Waals surface area contributed by atoms with Crippen molar-refractivity contribution in [3.05, 3.63) is 89.7 Å². The van der Waals surface area contributed by atoms with Gasteiger partial charge in [0.1, 0.15) is 6.61 Å². The van der Waals surface area contributed by atoms with Crippen LogP contribution in [-0.2, 0) is 14.3 Å². The van der Waals surface area contributed by atoms with Gasteiger partial charge in [0, 0.05) is 5.69 Å². The predicted molar refractivity (Wildman–Crippen MR) is 145 cm³/mol. The average molecular weight is 561 g/mol. The van der Waals surface area contributed by atoms with Crippen molar-refractivity contribution in [3.8, 4) is 17.2 Å². The van der Waals surface area contributed by atoms with Crippen molar-refractivity contribution in [2.45, 2.75) is 11.3 Å². The molecule has 1 aromatic heterocycles. The van der Waals surface area contributed by atoms with Gasteiger partial charge in [-0.1, -0.05) is 42.1 Å². The Labute approximate surface area is 233 Å². The molecule has 11 nitrogen and oxygen atoms in total. The van der Waals surface area contributed by atoms with Crippen LogP contribution in [0.1, 0.15) is 32.6 Å². The second-order valence-electron chi connectivity index (χ2n) is 8.46. The highest BCUT2D eigenvalue weighted by atomic mass is 32.2. The van der Waals surface area contributed by atoms with Crippen LogP contribution < -0.4 is 14.8 Å². The average Bonchev–Trinajstić information content (AvgIpc) is 3.43. The number of rotatable bonds is 8. The number of para-hydroxylation sites is 3. The molecule has 1 amide bonds. The Morgan fingerprint density at radius 1 is 0.950 bits per heavy atom. The topological polar surface area (TPSA) is 131 Å². The number of carbonyl (C=O) groups is 3. The maximum absolute atomic E-state index is 13.0. The fraction of sp³-hybridized carbons (Fsp3) is 0.179. The highest BCUT2D eigenvalue weighted by Crippen LogP contribution is 2.37. The molecular weight excluding hydrogens is 536 g/mol. The normalized spacial score (nSPS) is 13.8. The number of fused-ring (bicyclic) bond motifs is 1. The summed E-state index contributed by atoms with van der Waals surface area (Å²) in [7, 11) is 2.47. The molecule has 0 saturated heterocycles. The summed E-state index contributed by atoms with van der Waals surface area (Å²) in [6, 6.07) is 21.0. The highest BCUT2D eigenvalue weighted by Gasteiger charge is 2.29. The van der Waals surface area contributed by atoms with Crippen molar-refractivity contribution in [2.75, 3.05) is 31.9 Å². The van der Waals surface area contributed by atoms with E-state index in [1.807, 2.05) is 59.2 Å². The number of amides is 1. The van der Waals surface area contributed by atoms with Crippen LogP contribution in [0.4, 0.5) is 5.69 Å². The Morgan fingerprint density at radius 3 is 2.42 bits per heavy atom. The summed E-state index contributed by atoms with van der Waals surface area (Å²) in [6.45, 7) is 0.236. The molecule has 1 atom stereocenters. The lowest BCUT2D eigenvalue weighted by Crippen LogP contribution is -2.24. The zero-order valence-corrected chi connectivity index (χ0v) is 22.3. The molecule has 12 heteroatoms. The van der Waals surface area contributed by atoms with E-state index in [0.29, 0.717) is 22.5 Å². The Kier molecular flexibility index (Phi) is 7.97. The molecular formula is C28H24N4O7S. The zero-order valence-electron chi connectivity index (χ0n) is 21.5. The van der Waals surface area contributed by atoms with Crippen LogP contribution in [0.3, 0.4) is 0 Å². The smallest absolute Gasteiger partial charge is 0.339 e. The number of hydrogen-bond donors (Lipinski definition) is 1. The van der Waals surface area contributed by atoms with Gasteiger partial charge in [-0.3, -0.25) is 9.36 Å². The van der Waals surface area contributed by atoms with E-state index in [4.69, 9.17) is 18.9 Å². The van der Waals surface area contributed by atoms with Crippen LogP contribution in [0.25, 0.3) is 5.69 Å². The van der Waals surface area contributed by atoms with Gasteiger partial charge in [-0.05, 0) is 42.5 Å². The van der Waals surface area contributed by atoms with Gasteiger partial charge in [0.25, 0.3) is 0 Å². The van der Waals surface area contributed by atoms with E-state index in [2.05, 4.69) is 15.5 Å². The maximum Gasteiger partial charge on any atom is 0.339 e. The number of ether oxygens (including phenoxy) is 4. The Balaban J connectivity index is 1.38. The summed E-state index contributed by atoms with van der Waals surface area (Å²) in [5.74, 6) is -0.0111. The van der Waals surface area contributed by atoms with E-state index in [0.717, 1.165) is 17.4 Å². The Hall–Kier alpha value is -4.84. The van der Waals surface area contributed by atoms with Gasteiger partial charge in [0.05, 0.1) is 36.8 Å². The maximum atomic E-state index is 13.0. The number of nitrogens with one attached hydrogen (secondary N) is 1. The lowest BCUT2D eigenvalue weighted by atomic mass is 10.1. The number of benzene rings is 3. The molecule has 204 valence electrons. The van der Waals surface area contributed by atoms with Gasteiger partial charge in [-0.2, -0.15) is 0 Å². The molecule has 0 spiro atoms. The van der Waals surface area contributed by atoms with E-state index in [9.17, 15) is 14.4 Å². The van der Waals surface area contributed by atoms with Gasteiger partial charge < -0.3 is 24.3 Å². The summed E-state index contributed by atoms with van der Waals surface area (Å²) in [5.41, 5.74) is 1.17. The first kappa shape index (κ1) is 26.8. The quantitative estimate of drug-likeness (QED) is 0.248. The summed E-state index contributed by atoms with van der Waals surface area (Å²) in [5, 5.41) is 11.9. The van der Waals surface area contributed by atoms with E-state index in [1.54, 1.807) is 0 Å². The third kappa shape index (κ3) is 5.61. The van der Waals surface area contributed by atoms with Crippen LogP contribution in [0, 0.1) is 0 Å². The third-order valence-corrected chi connectivity index (χ3v) is 6.85. The monoisotopic (exact) mass is 560 g/mol. The van der Waals surface area contributed by atoms with E-state index in [-0.39, 0.29) is 29.2 Å². The van der Waals surface area contributed by atoms with Gasteiger partial charge in [-0.15, -0.1) is 10.2 Å². The third-order valence-electron chi connectivity index (χ3n) is 5.92. The summed E-state index contributed by atoms with van der Waals surface area (Å²) in [6.07, 6.45) is -0.533. The minimum Gasteiger partial charge on any atom is -0.485 e. The highest BCUT2D eigenvalue weighted by molar-refractivity contribution is 7.99. The second-order valence-corrected chi connectivity index (χ2v) is 9.40. The molecule has 40 heavy (non-hydrogen) atoms. The van der Waals surface area contributed by atoms with Gasteiger partial charge in [-0.25, -0.2) is 9.59 Å². The molecule has 1 aliphatic heterocycles. The minimum absolute atomic E-state index is 0.0705. The Bertz CT molecular complexity index is 1560. The molecule has 4 aromatic rings. The van der Waals surface area contributed by atoms with E-state index < -0.39 is 23.9 Å². The number of hydrogen-bond acceptors (Lipinski definition) is 10. The van der Waals surface area contributed by atoms with E-state index >= 15 is 0 Å². The van der Waals surface area contributed by atoms with Crippen LogP contribution in [0.2, 0.25) is 0 Å². The number of nitrogens with zero attached hydrogens (tertiary/aromatic N) is 3. The molecule has 1 N–H and O–H groups in total. The molecule has 2 heterocycles. The van der Waals surface area contributed by atoms with Crippen LogP contribution in [0.5, 0.6) is 11.5 Å². The molecule has 0 aliphatic carbocycles. The standard InChI is InChI=1S/C28H24N4O7S/c1-36-26(34)17-12-13-19(27(35)37-2)20(14-17)29-24(33)16-40-28-31-30-25(32(28)18-8-4-3-5-9-18)23-15-38-21-10-6-7-11-22(21)39-23/h3-14,23H,15-16H2,1-2H3,(H,29,33)/t23-/m1/s1. The first-order valence-corrected chi connectivity index (χ1v) is 13.1. The first-order chi connectivity index (χ1) is 19.5. The summed E-state index contributed by atoms with van der Waals surface area (Å²) in [4.78, 5) is 37.2. The van der Waals surface area contributed by atoms with Crippen molar-refractivity contribution in [1.82, 2.24) is 14.8 Å². The van der Waals surface area contributed by atoms with Crippen molar-refractivity contribution in [3.63, 3.8) is 0 Å². The van der Waals surface area contributed by atoms with Gasteiger partial charge in [0.15, 0.2) is 28.6 Å². The minimum atomic E-state index is -0.663. The number of carbonyl (C=O) groups excluding carboxylic acids is 3. The lowest BCUT2D eigenvalue weighted by molar-refractivity contribution is -0.113. The molecule has 5 rings (SSSR count). The summed E-state index contributed by atoms with van der Waals surface area (Å²) >= 11 is 1.15. The van der Waals surface area contributed by atoms with Crippen molar-refractivity contribution in [1.29, 1.82) is 0 Å². The number of aromatic nitrogens is 3. The molecule has 0 unspecified atom stereocenters. The molecule has 3 aromatic carbocycles. The fourth-order valence-corrected chi connectivity index (χ4v) is 4.81. The first-order valence-electron chi connectivity index (χ1n) is 12.1. The number of esters is 2. The number of anilines is 1. The van der Waals surface area contributed by atoms with E-state index in [1.165, 1.54) is 32.4 Å². The number of thioether (sulfide) groups is 1. The van der Waals surface area contributed by atoms with Crippen molar-refractivity contribution < 1.29 is 33.3 Å². The van der Waals surface area contributed by atoms with Crippen LogP contribution >= 0.6 is 11.8 Å². The summed E-state index contributed by atoms with van der Waals surface area (Å²) < 4.78 is 23.4. The number of methoxy groups -OCH3 is 2. The van der Waals surface area contributed by atoms with Crippen molar-refractivity contribution in [2.24, 2.45) is 0 Å². The Morgan fingerprint density at radius 2 is 1.68 bits per heavy atom. The SMILES string of the molecule is COC(=O)c1ccc(C(=O)OC)c(NC(=O)CSc2nnc([C@H]3COc4ccccc4O3)n2-c2ccccc2)c1. The predicted octanol–water partition coefficient (Wildman–Crippen LogP) is 4.08. The molecule has 0 radical (unpaired) electrons. The van der Waals surface area contributed by atoms with Crippen LogP contribution in [-0.4, -0.2) is 59.2 Å². The molecule has 0 bridgehead atoms. The largest absolute Gasteiger partial charge is 0.485 e. The van der Waals surface area contributed by atoms with Gasteiger partial charge in [0.2, 0.25) is 5.91 Å². The van der Waals surface area contributed by atoms with Gasteiger partial charge >= 0.3 is 11.9 Å². The zero-order chi connectivity index (χ0) is 28.1. The van der Waals surface area contributed by atoms with Crippen molar-refractivity contribution >= 4 is 35.3 Å². The molecule has 0 saturated carbocycles. The molecule has 1 aliphatic rings. The molecule has 0 fully saturated rings. The fourth-order valence-electron chi connectivity index (χ4n) is 4.05. The second kappa shape index (κ2) is 11.9. The van der Waals surface area contributed by atoms with Crippen LogP contribution in [0.15, 0.2) is 78.0 Å². The lowest BCUT2D eigenvalue weighted by Gasteiger charge is -2.26.